The van der Waals surface area contributed by atoms with Crippen LogP contribution >= 0.6 is 23.2 Å². The average Bonchev–Trinajstić information content (AvgIpc) is 3.15. The van der Waals surface area contributed by atoms with Crippen molar-refractivity contribution in [2.75, 3.05) is 13.1 Å². The number of fused-ring (bicyclic) bond motifs is 1. The number of likely N-dealkylation sites (tertiary alicyclic amines) is 1. The number of aromatic nitrogens is 2. The maximum atomic E-state index is 12.5. The van der Waals surface area contributed by atoms with E-state index in [0.29, 0.717) is 22.4 Å². The van der Waals surface area contributed by atoms with E-state index in [0.717, 1.165) is 61.2 Å². The normalized spacial score (nSPS) is 15.3. The lowest BCUT2D eigenvalue weighted by Crippen LogP contribution is -2.38. The van der Waals surface area contributed by atoms with Crippen molar-refractivity contribution in [2.24, 2.45) is 0 Å². The molecule has 1 N–H and O–H groups in total. The van der Waals surface area contributed by atoms with Gasteiger partial charge in [0, 0.05) is 25.4 Å². The Morgan fingerprint density at radius 2 is 1.89 bits per heavy atom. The minimum Gasteiger partial charge on any atom is -0.343 e. The van der Waals surface area contributed by atoms with Crippen LogP contribution in [0.1, 0.15) is 43.0 Å². The molecular formula is C22H23Cl2N3O. The molecule has 0 spiro atoms. The smallest absolute Gasteiger partial charge is 0.222 e. The van der Waals surface area contributed by atoms with E-state index >= 15 is 0 Å². The van der Waals surface area contributed by atoms with E-state index in [1.165, 1.54) is 0 Å². The lowest BCUT2D eigenvalue weighted by Gasteiger charge is -2.31. The van der Waals surface area contributed by atoms with Crippen LogP contribution in [0.25, 0.3) is 11.0 Å². The van der Waals surface area contributed by atoms with E-state index in [1.54, 1.807) is 0 Å². The quantitative estimate of drug-likeness (QED) is 0.589. The largest absolute Gasteiger partial charge is 0.343 e. The van der Waals surface area contributed by atoms with Gasteiger partial charge in [0.15, 0.2) is 0 Å². The number of benzene rings is 2. The molecule has 0 radical (unpaired) electrons. The van der Waals surface area contributed by atoms with Crippen molar-refractivity contribution in [1.29, 1.82) is 0 Å². The number of hydrogen-bond donors (Lipinski definition) is 1. The summed E-state index contributed by atoms with van der Waals surface area (Å²) in [7, 11) is 0. The highest BCUT2D eigenvalue weighted by Crippen LogP contribution is 2.28. The van der Waals surface area contributed by atoms with Gasteiger partial charge < -0.3 is 9.88 Å². The fraction of sp³-hybridized carbons (Fsp3) is 0.364. The second kappa shape index (κ2) is 8.54. The van der Waals surface area contributed by atoms with E-state index in [1.807, 2.05) is 41.3 Å². The summed E-state index contributed by atoms with van der Waals surface area (Å²) in [5.41, 5.74) is 3.21. The number of carbonyl (C=O) groups excluding carboxylic acids is 1. The van der Waals surface area contributed by atoms with Gasteiger partial charge in [-0.25, -0.2) is 4.98 Å². The third-order valence-corrected chi connectivity index (χ3v) is 6.22. The number of amides is 1. The van der Waals surface area contributed by atoms with Gasteiger partial charge in [-0.15, -0.1) is 0 Å². The molecule has 0 saturated carbocycles. The molecule has 3 aromatic rings. The Hall–Kier alpha value is -2.04. The second-order valence-corrected chi connectivity index (χ2v) is 8.21. The highest BCUT2D eigenvalue weighted by atomic mass is 35.5. The average molecular weight is 416 g/mol. The SMILES string of the molecule is O=C(CCCc1ccc(Cl)c(Cl)c1)N1CCC(c2nc3ccccc3[nH]2)CC1. The first kappa shape index (κ1) is 19.3. The van der Waals surface area contributed by atoms with E-state index in [-0.39, 0.29) is 5.91 Å². The highest BCUT2D eigenvalue weighted by molar-refractivity contribution is 6.42. The van der Waals surface area contributed by atoms with Crippen molar-refractivity contribution < 1.29 is 4.79 Å². The molecule has 28 heavy (non-hydrogen) atoms. The standard InChI is InChI=1S/C22H23Cl2N3O/c23-17-9-8-15(14-18(17)24)4-3-7-21(28)27-12-10-16(11-13-27)22-25-19-5-1-2-6-20(19)26-22/h1-2,5-6,8-9,14,16H,3-4,7,10-13H2,(H,25,26). The molecule has 1 saturated heterocycles. The first-order valence-corrected chi connectivity index (χ1v) is 10.5. The Morgan fingerprint density at radius 3 is 2.64 bits per heavy atom. The predicted molar refractivity (Wildman–Crippen MR) is 114 cm³/mol. The molecule has 0 bridgehead atoms. The van der Waals surface area contributed by atoms with Gasteiger partial charge in [-0.05, 0) is 55.5 Å². The minimum atomic E-state index is 0.239. The fourth-order valence-electron chi connectivity index (χ4n) is 3.87. The van der Waals surface area contributed by atoms with Gasteiger partial charge in [-0.1, -0.05) is 41.4 Å². The lowest BCUT2D eigenvalue weighted by atomic mass is 9.95. The molecule has 4 nitrogen and oxygen atoms in total. The van der Waals surface area contributed by atoms with Crippen LogP contribution in [-0.2, 0) is 11.2 Å². The molecule has 6 heteroatoms. The maximum absolute atomic E-state index is 12.5. The Bertz CT molecular complexity index is 944. The van der Waals surface area contributed by atoms with Crippen molar-refractivity contribution in [3.05, 3.63) is 63.9 Å². The van der Waals surface area contributed by atoms with Crippen molar-refractivity contribution >= 4 is 40.1 Å². The molecule has 4 rings (SSSR count). The number of carbonyl (C=O) groups is 1. The number of H-pyrrole nitrogens is 1. The summed E-state index contributed by atoms with van der Waals surface area (Å²) < 4.78 is 0. The van der Waals surface area contributed by atoms with Gasteiger partial charge in [0.25, 0.3) is 0 Å². The van der Waals surface area contributed by atoms with Gasteiger partial charge in [0.05, 0.1) is 21.1 Å². The number of imidazole rings is 1. The van der Waals surface area contributed by atoms with E-state index in [2.05, 4.69) is 11.1 Å². The number of aryl methyl sites for hydroxylation is 1. The molecule has 2 aromatic carbocycles. The van der Waals surface area contributed by atoms with Crippen LogP contribution in [0.2, 0.25) is 10.0 Å². The lowest BCUT2D eigenvalue weighted by molar-refractivity contribution is -0.132. The van der Waals surface area contributed by atoms with Crippen LogP contribution in [0.15, 0.2) is 42.5 Å². The summed E-state index contributed by atoms with van der Waals surface area (Å²) >= 11 is 12.0. The number of rotatable bonds is 5. The summed E-state index contributed by atoms with van der Waals surface area (Å²) in [6.45, 7) is 1.60. The third kappa shape index (κ3) is 4.34. The number of nitrogens with zero attached hydrogens (tertiary/aromatic N) is 2. The Balaban J connectivity index is 1.26. The summed E-state index contributed by atoms with van der Waals surface area (Å²) in [4.78, 5) is 22.7. The number of hydrogen-bond acceptors (Lipinski definition) is 2. The van der Waals surface area contributed by atoms with E-state index in [4.69, 9.17) is 28.2 Å². The molecule has 1 aliphatic rings. The summed E-state index contributed by atoms with van der Waals surface area (Å²) in [5, 5.41) is 1.13. The molecule has 0 atom stereocenters. The van der Waals surface area contributed by atoms with Crippen LogP contribution in [0.3, 0.4) is 0 Å². The Kier molecular flexibility index (Phi) is 5.88. The van der Waals surface area contributed by atoms with Crippen LogP contribution in [0.5, 0.6) is 0 Å². The molecule has 0 aliphatic carbocycles. The Morgan fingerprint density at radius 1 is 1.11 bits per heavy atom. The number of halogens is 2. The molecule has 2 heterocycles. The van der Waals surface area contributed by atoms with Crippen molar-refractivity contribution in [1.82, 2.24) is 14.9 Å². The minimum absolute atomic E-state index is 0.239. The zero-order valence-electron chi connectivity index (χ0n) is 15.6. The van der Waals surface area contributed by atoms with Crippen molar-refractivity contribution in [3.63, 3.8) is 0 Å². The molecule has 1 aliphatic heterocycles. The molecule has 146 valence electrons. The number of para-hydroxylation sites is 2. The van der Waals surface area contributed by atoms with Crippen LogP contribution in [0, 0.1) is 0 Å². The van der Waals surface area contributed by atoms with E-state index < -0.39 is 0 Å². The molecule has 1 amide bonds. The zero-order chi connectivity index (χ0) is 19.5. The summed E-state index contributed by atoms with van der Waals surface area (Å²) in [5.74, 6) is 1.68. The molecule has 1 aromatic heterocycles. The predicted octanol–water partition coefficient (Wildman–Crippen LogP) is 5.60. The number of piperidine rings is 1. The highest BCUT2D eigenvalue weighted by Gasteiger charge is 2.25. The Labute approximate surface area is 174 Å². The van der Waals surface area contributed by atoms with Gasteiger partial charge in [-0.3, -0.25) is 4.79 Å². The zero-order valence-corrected chi connectivity index (χ0v) is 17.1. The van der Waals surface area contributed by atoms with Gasteiger partial charge in [-0.2, -0.15) is 0 Å². The van der Waals surface area contributed by atoms with Crippen LogP contribution in [-0.4, -0.2) is 33.9 Å². The first-order chi connectivity index (χ1) is 13.6. The van der Waals surface area contributed by atoms with Crippen LogP contribution < -0.4 is 0 Å². The monoisotopic (exact) mass is 415 g/mol. The molecule has 0 unspecified atom stereocenters. The van der Waals surface area contributed by atoms with Gasteiger partial charge >= 0.3 is 0 Å². The topological polar surface area (TPSA) is 49.0 Å². The summed E-state index contributed by atoms with van der Waals surface area (Å²) in [6.07, 6.45) is 4.13. The van der Waals surface area contributed by atoms with Crippen LogP contribution in [0.4, 0.5) is 0 Å². The fourth-order valence-corrected chi connectivity index (χ4v) is 4.19. The van der Waals surface area contributed by atoms with E-state index in [9.17, 15) is 4.79 Å². The molecule has 1 fully saturated rings. The number of nitrogens with one attached hydrogen (secondary N) is 1. The van der Waals surface area contributed by atoms with Crippen molar-refractivity contribution in [2.45, 2.75) is 38.0 Å². The van der Waals surface area contributed by atoms with Gasteiger partial charge in [0.1, 0.15) is 5.82 Å². The van der Waals surface area contributed by atoms with Gasteiger partial charge in [0.2, 0.25) is 5.91 Å². The molecular weight excluding hydrogens is 393 g/mol. The first-order valence-electron chi connectivity index (χ1n) is 9.76. The second-order valence-electron chi connectivity index (χ2n) is 7.40. The third-order valence-electron chi connectivity index (χ3n) is 5.48. The van der Waals surface area contributed by atoms with Crippen molar-refractivity contribution in [3.8, 4) is 0 Å². The summed E-state index contributed by atoms with van der Waals surface area (Å²) in [6, 6.07) is 13.8. The maximum Gasteiger partial charge on any atom is 0.222 e. The number of aromatic amines is 1.